The highest BCUT2D eigenvalue weighted by atomic mass is 19.1. The maximum atomic E-state index is 13.5. The third kappa shape index (κ3) is 5.28. The van der Waals surface area contributed by atoms with Gasteiger partial charge in [-0.2, -0.15) is 0 Å². The van der Waals surface area contributed by atoms with Gasteiger partial charge in [-0.1, -0.05) is 24.3 Å². The van der Waals surface area contributed by atoms with Crippen LogP contribution < -0.4 is 10.6 Å². The lowest BCUT2D eigenvalue weighted by molar-refractivity contribution is -0.118. The van der Waals surface area contributed by atoms with E-state index >= 15 is 0 Å². The molecule has 0 aliphatic rings. The summed E-state index contributed by atoms with van der Waals surface area (Å²) in [6.45, 7) is 3.71. The lowest BCUT2D eigenvalue weighted by atomic mass is 10.0. The molecule has 8 heteroatoms. The van der Waals surface area contributed by atoms with Gasteiger partial charge < -0.3 is 20.0 Å². The van der Waals surface area contributed by atoms with Crippen molar-refractivity contribution < 1.29 is 18.4 Å². The molecule has 0 saturated heterocycles. The Kier molecular flexibility index (Phi) is 6.55. The summed E-state index contributed by atoms with van der Waals surface area (Å²) in [7, 11) is 0. The maximum Gasteiger partial charge on any atom is 0.251 e. The maximum absolute atomic E-state index is 13.5. The van der Waals surface area contributed by atoms with Crippen LogP contribution in [0.15, 0.2) is 83.4 Å². The Balaban J connectivity index is 1.41. The van der Waals surface area contributed by atoms with Crippen LogP contribution >= 0.6 is 0 Å². The number of nitrogens with one attached hydrogen (secondary N) is 3. The molecule has 5 aromatic rings. The molecule has 0 bridgehead atoms. The van der Waals surface area contributed by atoms with Crippen molar-refractivity contribution in [3.63, 3.8) is 0 Å². The standard InChI is InChI=1S/C29H25FN4O3/c1-17-18(2)37-29(32-17)20-6-5-7-23(14-20)33-28(36)26(34-27(35)19-10-12-22(30)13-11-19)15-21-16-31-25-9-4-3-8-24(21)25/h3-14,16,26,31H,15H2,1-2H3,(H,33,36)(H,34,35)/t26-/m0/s1. The van der Waals surface area contributed by atoms with Crippen molar-refractivity contribution in [1.82, 2.24) is 15.3 Å². The molecule has 0 radical (unpaired) electrons. The lowest BCUT2D eigenvalue weighted by Gasteiger charge is -2.19. The lowest BCUT2D eigenvalue weighted by Crippen LogP contribution is -2.45. The topological polar surface area (TPSA) is 100 Å². The van der Waals surface area contributed by atoms with Crippen LogP contribution in [0.5, 0.6) is 0 Å². The van der Waals surface area contributed by atoms with Gasteiger partial charge in [-0.15, -0.1) is 0 Å². The zero-order chi connectivity index (χ0) is 25.9. The van der Waals surface area contributed by atoms with Crippen molar-refractivity contribution in [3.05, 3.63) is 107 Å². The number of hydrogen-bond acceptors (Lipinski definition) is 4. The summed E-state index contributed by atoms with van der Waals surface area (Å²) >= 11 is 0. The summed E-state index contributed by atoms with van der Waals surface area (Å²) in [5.41, 5.74) is 4.13. The van der Waals surface area contributed by atoms with Crippen molar-refractivity contribution in [2.45, 2.75) is 26.3 Å². The fourth-order valence-electron chi connectivity index (χ4n) is 4.13. The number of hydrogen-bond donors (Lipinski definition) is 3. The van der Waals surface area contributed by atoms with Gasteiger partial charge in [0.05, 0.1) is 5.69 Å². The van der Waals surface area contributed by atoms with Crippen LogP contribution in [-0.4, -0.2) is 27.8 Å². The number of carbonyl (C=O) groups excluding carboxylic acids is 2. The van der Waals surface area contributed by atoms with Gasteiger partial charge in [0.25, 0.3) is 5.91 Å². The summed E-state index contributed by atoms with van der Waals surface area (Å²) in [4.78, 5) is 34.0. The molecule has 37 heavy (non-hydrogen) atoms. The van der Waals surface area contributed by atoms with Crippen LogP contribution in [0.4, 0.5) is 10.1 Å². The van der Waals surface area contributed by atoms with E-state index in [4.69, 9.17) is 4.42 Å². The highest BCUT2D eigenvalue weighted by molar-refractivity contribution is 6.01. The monoisotopic (exact) mass is 496 g/mol. The molecule has 0 spiro atoms. The molecule has 1 atom stereocenters. The second kappa shape index (κ2) is 10.1. The van der Waals surface area contributed by atoms with Crippen LogP contribution in [-0.2, 0) is 11.2 Å². The molecule has 0 aliphatic carbocycles. The van der Waals surface area contributed by atoms with Gasteiger partial charge in [0.2, 0.25) is 11.8 Å². The molecule has 2 heterocycles. The number of amides is 2. The molecule has 2 aromatic heterocycles. The number of aryl methyl sites for hydroxylation is 2. The van der Waals surface area contributed by atoms with Crippen LogP contribution in [0.2, 0.25) is 0 Å². The third-order valence-electron chi connectivity index (χ3n) is 6.23. The molecule has 0 fully saturated rings. The fraction of sp³-hybridized carbons (Fsp3) is 0.138. The summed E-state index contributed by atoms with van der Waals surface area (Å²) in [6, 6.07) is 19.2. The largest absolute Gasteiger partial charge is 0.441 e. The van der Waals surface area contributed by atoms with Gasteiger partial charge in [0, 0.05) is 40.3 Å². The first kappa shape index (κ1) is 24.0. The van der Waals surface area contributed by atoms with E-state index in [-0.39, 0.29) is 12.0 Å². The van der Waals surface area contributed by atoms with Crippen molar-refractivity contribution in [1.29, 1.82) is 0 Å². The molecule has 0 aliphatic heterocycles. The van der Waals surface area contributed by atoms with Crippen molar-refractivity contribution in [2.24, 2.45) is 0 Å². The Morgan fingerprint density at radius 2 is 1.81 bits per heavy atom. The number of H-pyrrole nitrogens is 1. The van der Waals surface area contributed by atoms with Crippen LogP contribution in [0.3, 0.4) is 0 Å². The van der Waals surface area contributed by atoms with Gasteiger partial charge in [-0.05, 0) is 67.9 Å². The molecule has 0 saturated carbocycles. The highest BCUT2D eigenvalue weighted by Crippen LogP contribution is 2.25. The van der Waals surface area contributed by atoms with E-state index in [1.807, 2.05) is 50.4 Å². The van der Waals surface area contributed by atoms with Gasteiger partial charge in [-0.3, -0.25) is 9.59 Å². The first-order valence-electron chi connectivity index (χ1n) is 11.8. The Hall–Kier alpha value is -4.72. The predicted molar refractivity (Wildman–Crippen MR) is 140 cm³/mol. The fourth-order valence-corrected chi connectivity index (χ4v) is 4.13. The summed E-state index contributed by atoms with van der Waals surface area (Å²) in [6.07, 6.45) is 2.09. The van der Waals surface area contributed by atoms with Crippen molar-refractivity contribution in [2.75, 3.05) is 5.32 Å². The average molecular weight is 497 g/mol. The number of oxazole rings is 1. The number of aromatic nitrogens is 2. The van der Waals surface area contributed by atoms with Gasteiger partial charge >= 0.3 is 0 Å². The molecule has 0 unspecified atom stereocenters. The van der Waals surface area contributed by atoms with E-state index in [9.17, 15) is 14.0 Å². The molecule has 3 N–H and O–H groups in total. The molecular formula is C29H25FN4O3. The van der Waals surface area contributed by atoms with Gasteiger partial charge in [0.15, 0.2) is 0 Å². The van der Waals surface area contributed by atoms with E-state index in [1.165, 1.54) is 24.3 Å². The number of aromatic amines is 1. The van der Waals surface area contributed by atoms with Crippen molar-refractivity contribution in [3.8, 4) is 11.5 Å². The number of rotatable bonds is 7. The van der Waals surface area contributed by atoms with E-state index in [0.717, 1.165) is 33.5 Å². The number of benzene rings is 3. The second-order valence-electron chi connectivity index (χ2n) is 8.83. The molecule has 3 aromatic carbocycles. The minimum atomic E-state index is -0.897. The van der Waals surface area contributed by atoms with E-state index in [2.05, 4.69) is 20.6 Å². The number of carbonyl (C=O) groups is 2. The normalized spacial score (nSPS) is 11.9. The molecule has 186 valence electrons. The van der Waals surface area contributed by atoms with E-state index in [1.54, 1.807) is 18.2 Å². The van der Waals surface area contributed by atoms with E-state index < -0.39 is 23.7 Å². The molecule has 5 rings (SSSR count). The highest BCUT2D eigenvalue weighted by Gasteiger charge is 2.24. The predicted octanol–water partition coefficient (Wildman–Crippen LogP) is 5.56. The Morgan fingerprint density at radius 3 is 2.57 bits per heavy atom. The van der Waals surface area contributed by atoms with Crippen LogP contribution in [0.1, 0.15) is 27.4 Å². The zero-order valence-electron chi connectivity index (χ0n) is 20.3. The molecule has 2 amide bonds. The van der Waals surface area contributed by atoms with Gasteiger partial charge in [-0.25, -0.2) is 9.37 Å². The Morgan fingerprint density at radius 1 is 1.03 bits per heavy atom. The summed E-state index contributed by atoms with van der Waals surface area (Å²) in [5.74, 6) is -0.115. The third-order valence-corrected chi connectivity index (χ3v) is 6.23. The number of fused-ring (bicyclic) bond motifs is 1. The zero-order valence-corrected chi connectivity index (χ0v) is 20.3. The Bertz CT molecular complexity index is 1570. The number of para-hydroxylation sites is 1. The van der Waals surface area contributed by atoms with Crippen molar-refractivity contribution >= 4 is 28.4 Å². The van der Waals surface area contributed by atoms with Crippen LogP contribution in [0, 0.1) is 19.7 Å². The second-order valence-corrected chi connectivity index (χ2v) is 8.83. The smallest absolute Gasteiger partial charge is 0.251 e. The average Bonchev–Trinajstić information content (AvgIpc) is 3.46. The number of nitrogens with zero attached hydrogens (tertiary/aromatic N) is 1. The minimum Gasteiger partial charge on any atom is -0.441 e. The van der Waals surface area contributed by atoms with Gasteiger partial charge in [0.1, 0.15) is 17.6 Å². The molecule has 7 nitrogen and oxygen atoms in total. The summed E-state index contributed by atoms with van der Waals surface area (Å²) in [5, 5.41) is 6.69. The Labute approximate surface area is 212 Å². The summed E-state index contributed by atoms with van der Waals surface area (Å²) < 4.78 is 19.1. The number of halogens is 1. The number of anilines is 1. The first-order chi connectivity index (χ1) is 17.9. The minimum absolute atomic E-state index is 0.251. The quantitative estimate of drug-likeness (QED) is 0.275. The van der Waals surface area contributed by atoms with E-state index in [0.29, 0.717) is 11.6 Å². The SMILES string of the molecule is Cc1nc(-c2cccc(NC(=O)[C@H](Cc3c[nH]c4ccccc34)NC(=O)c3ccc(F)cc3)c2)oc1C. The first-order valence-corrected chi connectivity index (χ1v) is 11.8. The van der Waals surface area contributed by atoms with Crippen LogP contribution in [0.25, 0.3) is 22.4 Å². The molecular weight excluding hydrogens is 471 g/mol.